The van der Waals surface area contributed by atoms with Gasteiger partial charge in [-0.2, -0.15) is 0 Å². The van der Waals surface area contributed by atoms with Crippen LogP contribution in [0.15, 0.2) is 12.1 Å². The zero-order valence-corrected chi connectivity index (χ0v) is 10.8. The minimum Gasteiger partial charge on any atom is -0.493 e. The van der Waals surface area contributed by atoms with Crippen molar-refractivity contribution in [1.29, 1.82) is 0 Å². The molecular formula is C11H14F2N2O5. The molecule has 0 saturated carbocycles. The molecule has 1 rings (SSSR count). The smallest absolute Gasteiger partial charge is 0.296 e. The summed E-state index contributed by atoms with van der Waals surface area (Å²) in [7, 11) is 2.65. The van der Waals surface area contributed by atoms with Gasteiger partial charge in [-0.3, -0.25) is 10.1 Å². The molecule has 0 bridgehead atoms. The van der Waals surface area contributed by atoms with Crippen LogP contribution in [-0.4, -0.2) is 43.3 Å². The fourth-order valence-electron chi connectivity index (χ4n) is 1.46. The van der Waals surface area contributed by atoms with Crippen LogP contribution < -0.4 is 14.8 Å². The van der Waals surface area contributed by atoms with Crippen LogP contribution in [0.4, 0.5) is 20.2 Å². The van der Waals surface area contributed by atoms with E-state index >= 15 is 0 Å². The summed E-state index contributed by atoms with van der Waals surface area (Å²) < 4.78 is 34.3. The first-order valence-corrected chi connectivity index (χ1v) is 5.51. The Morgan fingerprint density at radius 1 is 1.35 bits per heavy atom. The predicted octanol–water partition coefficient (Wildman–Crippen LogP) is 1.65. The molecule has 1 unspecified atom stereocenters. The number of ether oxygens (including phenoxy) is 2. The maximum Gasteiger partial charge on any atom is 0.296 e. The number of rotatable bonds is 7. The number of nitro benzene ring substituents is 1. The number of halogens is 2. The van der Waals surface area contributed by atoms with Crippen LogP contribution in [0.3, 0.4) is 0 Å². The fourth-order valence-corrected chi connectivity index (χ4v) is 1.46. The van der Waals surface area contributed by atoms with E-state index < -0.39 is 24.0 Å². The average molecular weight is 292 g/mol. The molecule has 0 aromatic heterocycles. The first-order valence-electron chi connectivity index (χ1n) is 5.51. The monoisotopic (exact) mass is 292 g/mol. The Balaban J connectivity index is 3.06. The number of nitro groups is 1. The van der Waals surface area contributed by atoms with Crippen LogP contribution in [0.1, 0.15) is 0 Å². The highest BCUT2D eigenvalue weighted by atomic mass is 19.3. The van der Waals surface area contributed by atoms with Gasteiger partial charge in [0.15, 0.2) is 11.5 Å². The van der Waals surface area contributed by atoms with Crippen molar-refractivity contribution in [2.24, 2.45) is 0 Å². The second kappa shape index (κ2) is 6.85. The molecule has 0 fully saturated rings. The van der Waals surface area contributed by atoms with Crippen molar-refractivity contribution in [3.05, 3.63) is 22.2 Å². The average Bonchev–Trinajstić information content (AvgIpc) is 2.43. The van der Waals surface area contributed by atoms with E-state index in [0.29, 0.717) is 0 Å². The number of hydrogen-bond donors (Lipinski definition) is 2. The van der Waals surface area contributed by atoms with Crippen LogP contribution in [0, 0.1) is 10.1 Å². The molecule has 112 valence electrons. The Labute approximate surface area is 113 Å². The molecule has 0 radical (unpaired) electrons. The summed E-state index contributed by atoms with van der Waals surface area (Å²) in [6, 6.07) is 2.35. The lowest BCUT2D eigenvalue weighted by molar-refractivity contribution is -0.384. The quantitative estimate of drug-likeness (QED) is 0.586. The van der Waals surface area contributed by atoms with Gasteiger partial charge in [-0.05, 0) is 0 Å². The van der Waals surface area contributed by atoms with E-state index in [4.69, 9.17) is 14.6 Å². The number of alkyl halides is 2. The van der Waals surface area contributed by atoms with Gasteiger partial charge in [0.1, 0.15) is 11.8 Å². The Hall–Kier alpha value is -2.16. The van der Waals surface area contributed by atoms with Gasteiger partial charge in [-0.25, -0.2) is 8.78 Å². The Bertz CT molecular complexity index is 484. The Kier molecular flexibility index (Phi) is 5.44. The van der Waals surface area contributed by atoms with Gasteiger partial charge in [-0.1, -0.05) is 0 Å². The van der Waals surface area contributed by atoms with E-state index in [1.807, 2.05) is 0 Å². The van der Waals surface area contributed by atoms with Crippen molar-refractivity contribution in [3.63, 3.8) is 0 Å². The summed E-state index contributed by atoms with van der Waals surface area (Å²) >= 11 is 0. The number of nitrogens with one attached hydrogen (secondary N) is 1. The van der Waals surface area contributed by atoms with Gasteiger partial charge in [0.25, 0.3) is 12.1 Å². The molecule has 0 aliphatic rings. The molecule has 0 amide bonds. The molecule has 0 spiro atoms. The summed E-state index contributed by atoms with van der Waals surface area (Å²) in [4.78, 5) is 10.2. The maximum absolute atomic E-state index is 12.2. The fraction of sp³-hybridized carbons (Fsp3) is 0.455. The first kappa shape index (κ1) is 15.9. The molecule has 1 atom stereocenters. The molecule has 7 nitrogen and oxygen atoms in total. The number of benzene rings is 1. The Morgan fingerprint density at radius 2 is 1.90 bits per heavy atom. The molecule has 1 aromatic rings. The third-order valence-corrected chi connectivity index (χ3v) is 2.49. The lowest BCUT2D eigenvalue weighted by atomic mass is 10.2. The molecule has 2 N–H and O–H groups in total. The van der Waals surface area contributed by atoms with Gasteiger partial charge in [0, 0.05) is 12.6 Å². The highest BCUT2D eigenvalue weighted by Crippen LogP contribution is 2.37. The summed E-state index contributed by atoms with van der Waals surface area (Å²) in [6.07, 6.45) is -4.87. The van der Waals surface area contributed by atoms with Crippen molar-refractivity contribution in [1.82, 2.24) is 0 Å². The minimum atomic E-state index is -2.94. The summed E-state index contributed by atoms with van der Waals surface area (Å²) in [5.74, 6) is 0.339. The number of aliphatic hydroxyl groups is 1. The zero-order valence-electron chi connectivity index (χ0n) is 10.8. The topological polar surface area (TPSA) is 93.9 Å². The SMILES string of the molecule is COc1cc(NCC(O)C(F)F)c([N+](=O)[O-])cc1OC. The normalized spacial score (nSPS) is 12.1. The predicted molar refractivity (Wildman–Crippen MR) is 66.7 cm³/mol. The Morgan fingerprint density at radius 3 is 2.35 bits per heavy atom. The molecular weight excluding hydrogens is 278 g/mol. The number of aliphatic hydroxyl groups excluding tert-OH is 1. The third kappa shape index (κ3) is 3.67. The summed E-state index contributed by atoms with van der Waals surface area (Å²) in [5.41, 5.74) is -0.420. The van der Waals surface area contributed by atoms with E-state index in [1.54, 1.807) is 0 Å². The van der Waals surface area contributed by atoms with Crippen molar-refractivity contribution in [2.45, 2.75) is 12.5 Å². The van der Waals surface area contributed by atoms with E-state index in [0.717, 1.165) is 6.07 Å². The first-order chi connectivity index (χ1) is 9.40. The summed E-state index contributed by atoms with van der Waals surface area (Å²) in [6.45, 7) is -0.534. The summed E-state index contributed by atoms with van der Waals surface area (Å²) in [5, 5.41) is 22.3. The van der Waals surface area contributed by atoms with Crippen molar-refractivity contribution >= 4 is 11.4 Å². The van der Waals surface area contributed by atoms with Crippen molar-refractivity contribution < 1.29 is 28.3 Å². The molecule has 1 aromatic carbocycles. The largest absolute Gasteiger partial charge is 0.493 e. The molecule has 0 aliphatic carbocycles. The van der Waals surface area contributed by atoms with Gasteiger partial charge in [0.2, 0.25) is 0 Å². The van der Waals surface area contributed by atoms with Crippen LogP contribution in [0.2, 0.25) is 0 Å². The number of methoxy groups -OCH3 is 2. The van der Waals surface area contributed by atoms with Crippen LogP contribution in [0.25, 0.3) is 0 Å². The molecule has 9 heteroatoms. The standard InChI is InChI=1S/C11H14F2N2O5/c1-19-9-3-6(14-5-8(16)11(12)13)7(15(17)18)4-10(9)20-2/h3-4,8,11,14,16H,5H2,1-2H3. The van der Waals surface area contributed by atoms with Gasteiger partial charge in [0.05, 0.1) is 25.2 Å². The van der Waals surface area contributed by atoms with E-state index in [2.05, 4.69) is 5.32 Å². The molecule has 0 aliphatic heterocycles. The minimum absolute atomic E-state index is 0.0487. The second-order valence-corrected chi connectivity index (χ2v) is 3.76. The molecule has 20 heavy (non-hydrogen) atoms. The highest BCUT2D eigenvalue weighted by molar-refractivity contribution is 5.68. The van der Waals surface area contributed by atoms with Gasteiger partial charge >= 0.3 is 0 Å². The number of anilines is 1. The zero-order chi connectivity index (χ0) is 15.3. The van der Waals surface area contributed by atoms with Gasteiger partial charge < -0.3 is 19.9 Å². The number of hydrogen-bond acceptors (Lipinski definition) is 6. The van der Waals surface area contributed by atoms with Crippen LogP contribution >= 0.6 is 0 Å². The third-order valence-electron chi connectivity index (χ3n) is 2.49. The van der Waals surface area contributed by atoms with Crippen molar-refractivity contribution in [3.8, 4) is 11.5 Å². The van der Waals surface area contributed by atoms with Gasteiger partial charge in [-0.15, -0.1) is 0 Å². The molecule has 0 heterocycles. The molecule has 0 saturated heterocycles. The van der Waals surface area contributed by atoms with E-state index in [1.165, 1.54) is 20.3 Å². The van der Waals surface area contributed by atoms with E-state index in [9.17, 15) is 18.9 Å². The van der Waals surface area contributed by atoms with E-state index in [-0.39, 0.29) is 22.9 Å². The number of nitrogens with zero attached hydrogens (tertiary/aromatic N) is 1. The lowest BCUT2D eigenvalue weighted by Gasteiger charge is -2.14. The maximum atomic E-state index is 12.2. The van der Waals surface area contributed by atoms with Crippen LogP contribution in [0.5, 0.6) is 11.5 Å². The second-order valence-electron chi connectivity index (χ2n) is 3.76. The highest BCUT2D eigenvalue weighted by Gasteiger charge is 2.22. The van der Waals surface area contributed by atoms with Crippen molar-refractivity contribution in [2.75, 3.05) is 26.1 Å². The lowest BCUT2D eigenvalue weighted by Crippen LogP contribution is -2.27. The van der Waals surface area contributed by atoms with Crippen LogP contribution in [-0.2, 0) is 0 Å².